The number of rotatable bonds is 5. The number of hydrogen-bond donors (Lipinski definition) is 0. The summed E-state index contributed by atoms with van der Waals surface area (Å²) in [5, 5.41) is -0.0989. The molecule has 0 aromatic carbocycles. The lowest BCUT2D eigenvalue weighted by Gasteiger charge is -2.35. The molecule has 0 saturated carbocycles. The average Bonchev–Trinajstić information content (AvgIpc) is 3.04. The van der Waals surface area contributed by atoms with Gasteiger partial charge >= 0.3 is 12.1 Å². The summed E-state index contributed by atoms with van der Waals surface area (Å²) in [5.41, 5.74) is 1.25. The molecule has 3 rings (SSSR count). The van der Waals surface area contributed by atoms with Gasteiger partial charge in [0.05, 0.1) is 16.1 Å². The normalized spacial score (nSPS) is 14.6. The van der Waals surface area contributed by atoms with Crippen molar-refractivity contribution in [2.75, 3.05) is 37.7 Å². The Morgan fingerprint density at radius 1 is 1.16 bits per heavy atom. The molecule has 32 heavy (non-hydrogen) atoms. The van der Waals surface area contributed by atoms with Crippen molar-refractivity contribution in [1.29, 1.82) is 0 Å². The lowest BCUT2D eigenvalue weighted by molar-refractivity contribution is -0.138. The lowest BCUT2D eigenvalue weighted by Crippen LogP contribution is -2.50. The number of nitrogens with zero attached hydrogens (tertiary/aromatic N) is 4. The van der Waals surface area contributed by atoms with Crippen LogP contribution in [-0.2, 0) is 22.3 Å². The number of alkyl halides is 3. The van der Waals surface area contributed by atoms with Crippen LogP contribution in [0.1, 0.15) is 34.2 Å². The van der Waals surface area contributed by atoms with Crippen molar-refractivity contribution in [2.24, 2.45) is 0 Å². The molecule has 0 spiro atoms. The zero-order chi connectivity index (χ0) is 23.6. The smallest absolute Gasteiger partial charge is 0.417 e. The quantitative estimate of drug-likeness (QED) is 0.621. The summed E-state index contributed by atoms with van der Waals surface area (Å²) in [6.07, 6.45) is -3.78. The van der Waals surface area contributed by atoms with E-state index >= 15 is 0 Å². The molecule has 2 aromatic rings. The number of carbonyl (C=O) groups excluding carboxylic acids is 2. The van der Waals surface area contributed by atoms with Crippen molar-refractivity contribution >= 4 is 29.3 Å². The van der Waals surface area contributed by atoms with Gasteiger partial charge in [0, 0.05) is 50.3 Å². The topological polar surface area (TPSA) is 67.7 Å². The molecular formula is C21H24ClF3N4O3. The second-order valence-electron chi connectivity index (χ2n) is 7.50. The number of aromatic nitrogens is 2. The van der Waals surface area contributed by atoms with Gasteiger partial charge in [-0.15, -0.1) is 0 Å². The maximum Gasteiger partial charge on any atom is 0.417 e. The minimum atomic E-state index is -4.52. The van der Waals surface area contributed by atoms with Gasteiger partial charge in [0.15, 0.2) is 6.61 Å². The fourth-order valence-corrected chi connectivity index (χ4v) is 4.06. The van der Waals surface area contributed by atoms with E-state index < -0.39 is 17.7 Å². The van der Waals surface area contributed by atoms with Crippen molar-refractivity contribution in [3.63, 3.8) is 0 Å². The molecule has 1 fully saturated rings. The van der Waals surface area contributed by atoms with E-state index in [0.717, 1.165) is 30.2 Å². The van der Waals surface area contributed by atoms with Crippen LogP contribution in [0.4, 0.5) is 19.0 Å². The molecule has 0 unspecified atom stereocenters. The van der Waals surface area contributed by atoms with Crippen LogP contribution in [0.25, 0.3) is 0 Å². The van der Waals surface area contributed by atoms with E-state index in [-0.39, 0.29) is 23.4 Å². The van der Waals surface area contributed by atoms with Gasteiger partial charge in [-0.2, -0.15) is 13.2 Å². The van der Waals surface area contributed by atoms with Gasteiger partial charge in [0.2, 0.25) is 0 Å². The van der Waals surface area contributed by atoms with Crippen LogP contribution in [0.5, 0.6) is 0 Å². The molecule has 0 bridgehead atoms. The van der Waals surface area contributed by atoms with Gasteiger partial charge in [0.1, 0.15) is 5.82 Å². The number of anilines is 1. The number of pyridine rings is 1. The zero-order valence-corrected chi connectivity index (χ0v) is 18.8. The highest BCUT2D eigenvalue weighted by Crippen LogP contribution is 2.33. The predicted octanol–water partition coefficient (Wildman–Crippen LogP) is 3.70. The molecule has 1 aliphatic rings. The predicted molar refractivity (Wildman–Crippen MR) is 113 cm³/mol. The number of esters is 1. The van der Waals surface area contributed by atoms with E-state index in [1.165, 1.54) is 4.90 Å². The van der Waals surface area contributed by atoms with Crippen molar-refractivity contribution in [3.8, 4) is 0 Å². The largest absolute Gasteiger partial charge is 0.452 e. The van der Waals surface area contributed by atoms with Gasteiger partial charge in [-0.1, -0.05) is 11.6 Å². The Labute approximate surface area is 188 Å². The minimum absolute atomic E-state index is 0.0989. The highest BCUT2D eigenvalue weighted by atomic mass is 35.5. The summed E-state index contributed by atoms with van der Waals surface area (Å²) < 4.78 is 45.6. The van der Waals surface area contributed by atoms with Crippen LogP contribution < -0.4 is 4.90 Å². The van der Waals surface area contributed by atoms with Gasteiger partial charge in [-0.25, -0.2) is 9.78 Å². The van der Waals surface area contributed by atoms with E-state index in [9.17, 15) is 22.8 Å². The third-order valence-corrected chi connectivity index (χ3v) is 5.80. The molecule has 7 nitrogen and oxygen atoms in total. The van der Waals surface area contributed by atoms with Crippen molar-refractivity contribution in [3.05, 3.63) is 45.9 Å². The molecule has 3 heterocycles. The number of piperazine rings is 1. The first-order chi connectivity index (χ1) is 15.0. The van der Waals surface area contributed by atoms with E-state index in [1.807, 2.05) is 25.3 Å². The molecule has 0 aliphatic carbocycles. The summed E-state index contributed by atoms with van der Waals surface area (Å²) in [5.74, 6) is -0.649. The first kappa shape index (κ1) is 23.9. The summed E-state index contributed by atoms with van der Waals surface area (Å²) in [6, 6.07) is 2.58. The second kappa shape index (κ2) is 9.40. The van der Waals surface area contributed by atoms with Crippen LogP contribution in [0.3, 0.4) is 0 Å². The molecule has 0 N–H and O–H groups in total. The van der Waals surface area contributed by atoms with Gasteiger partial charge in [-0.05, 0) is 32.9 Å². The molecular weight excluding hydrogens is 449 g/mol. The maximum atomic E-state index is 12.8. The Bertz CT molecular complexity index is 1010. The Balaban J connectivity index is 1.54. The number of halogens is 4. The maximum absolute atomic E-state index is 12.8. The Hall–Kier alpha value is -2.75. The molecule has 1 saturated heterocycles. The number of amides is 1. The third-order valence-electron chi connectivity index (χ3n) is 5.52. The van der Waals surface area contributed by atoms with Gasteiger partial charge in [-0.3, -0.25) is 4.79 Å². The highest BCUT2D eigenvalue weighted by Gasteiger charge is 2.32. The molecule has 2 aromatic heterocycles. The molecule has 0 atom stereocenters. The lowest BCUT2D eigenvalue weighted by atomic mass is 10.2. The van der Waals surface area contributed by atoms with E-state index in [0.29, 0.717) is 31.7 Å². The fourth-order valence-electron chi connectivity index (χ4n) is 3.78. The van der Waals surface area contributed by atoms with Crippen LogP contribution in [-0.4, -0.2) is 59.1 Å². The van der Waals surface area contributed by atoms with Crippen LogP contribution in [0, 0.1) is 13.8 Å². The number of ether oxygens (including phenoxy) is 1. The standard InChI is InChI=1S/C21H24ClF3N4O3/c1-4-29-13(2)9-16(14(29)3)20(31)32-12-18(30)27-5-7-28(8-6-27)19-17(22)10-15(11-26-19)21(23,24)25/h9-11H,4-8,12H2,1-3H3. The number of aryl methyl sites for hydroxylation is 1. The van der Waals surface area contributed by atoms with Crippen LogP contribution >= 0.6 is 11.6 Å². The average molecular weight is 473 g/mol. The number of carbonyl (C=O) groups is 2. The first-order valence-electron chi connectivity index (χ1n) is 10.1. The van der Waals surface area contributed by atoms with E-state index in [2.05, 4.69) is 4.98 Å². The summed E-state index contributed by atoms with van der Waals surface area (Å²) in [7, 11) is 0. The summed E-state index contributed by atoms with van der Waals surface area (Å²) in [6.45, 7) is 7.35. The van der Waals surface area contributed by atoms with Crippen LogP contribution in [0.2, 0.25) is 5.02 Å². The fraction of sp³-hybridized carbons (Fsp3) is 0.476. The summed E-state index contributed by atoms with van der Waals surface area (Å²) in [4.78, 5) is 32.0. The zero-order valence-electron chi connectivity index (χ0n) is 18.0. The molecule has 11 heteroatoms. The molecule has 1 aliphatic heterocycles. The van der Waals surface area contributed by atoms with E-state index in [4.69, 9.17) is 16.3 Å². The molecule has 174 valence electrons. The SMILES string of the molecule is CCn1c(C)cc(C(=O)OCC(=O)N2CCN(c3ncc(C(F)(F)F)cc3Cl)CC2)c1C. The monoisotopic (exact) mass is 472 g/mol. The highest BCUT2D eigenvalue weighted by molar-refractivity contribution is 6.33. The van der Waals surface area contributed by atoms with Gasteiger partial charge < -0.3 is 19.1 Å². The molecule has 1 amide bonds. The van der Waals surface area contributed by atoms with Crippen LogP contribution in [0.15, 0.2) is 18.3 Å². The Morgan fingerprint density at radius 3 is 2.34 bits per heavy atom. The Morgan fingerprint density at radius 2 is 1.81 bits per heavy atom. The minimum Gasteiger partial charge on any atom is -0.452 e. The Kier molecular flexibility index (Phi) is 7.02. The van der Waals surface area contributed by atoms with Crippen molar-refractivity contribution in [2.45, 2.75) is 33.5 Å². The third kappa shape index (κ3) is 5.01. The molecule has 0 radical (unpaired) electrons. The van der Waals surface area contributed by atoms with Crippen molar-refractivity contribution < 1.29 is 27.5 Å². The second-order valence-corrected chi connectivity index (χ2v) is 7.91. The number of hydrogen-bond acceptors (Lipinski definition) is 5. The van der Waals surface area contributed by atoms with E-state index in [1.54, 1.807) is 11.0 Å². The van der Waals surface area contributed by atoms with Gasteiger partial charge in [0.25, 0.3) is 5.91 Å². The summed E-state index contributed by atoms with van der Waals surface area (Å²) >= 11 is 6.00. The first-order valence-corrected chi connectivity index (χ1v) is 10.5. The van der Waals surface area contributed by atoms with Crippen molar-refractivity contribution in [1.82, 2.24) is 14.5 Å².